The van der Waals surface area contributed by atoms with E-state index < -0.39 is 0 Å². The summed E-state index contributed by atoms with van der Waals surface area (Å²) in [6.07, 6.45) is 3.04. The number of hydrogen-bond acceptors (Lipinski definition) is 4. The fraction of sp³-hybridized carbons (Fsp3) is 0.429. The third-order valence-electron chi connectivity index (χ3n) is 3.79. The molecule has 2 aromatic rings. The molecular formula is C14H16FN3O. The molecular weight excluding hydrogens is 245 g/mol. The molecule has 0 radical (unpaired) electrons. The van der Waals surface area contributed by atoms with Gasteiger partial charge in [-0.3, -0.25) is 0 Å². The van der Waals surface area contributed by atoms with Crippen LogP contribution in [0.15, 0.2) is 28.8 Å². The average Bonchev–Trinajstić information content (AvgIpc) is 3.09. The van der Waals surface area contributed by atoms with Gasteiger partial charge in [0.1, 0.15) is 5.82 Å². The largest absolute Gasteiger partial charge is 0.337 e. The number of hydrogen-bond donors (Lipinski definition) is 1. The Hall–Kier alpha value is -1.75. The van der Waals surface area contributed by atoms with Crippen molar-refractivity contribution in [3.05, 3.63) is 36.0 Å². The van der Waals surface area contributed by atoms with Gasteiger partial charge in [-0.1, -0.05) is 12.1 Å². The summed E-state index contributed by atoms with van der Waals surface area (Å²) in [5.41, 5.74) is 0.575. The van der Waals surface area contributed by atoms with Crippen LogP contribution in [0.4, 0.5) is 4.39 Å². The van der Waals surface area contributed by atoms with Gasteiger partial charge < -0.3 is 9.84 Å². The van der Waals surface area contributed by atoms with Gasteiger partial charge in [0, 0.05) is 5.56 Å². The van der Waals surface area contributed by atoms with E-state index in [-0.39, 0.29) is 11.4 Å². The Morgan fingerprint density at radius 3 is 2.79 bits per heavy atom. The number of benzene rings is 1. The summed E-state index contributed by atoms with van der Waals surface area (Å²) in [4.78, 5) is 4.47. The fourth-order valence-electron chi connectivity index (χ4n) is 2.58. The summed E-state index contributed by atoms with van der Waals surface area (Å²) < 4.78 is 18.3. The predicted octanol–water partition coefficient (Wildman–Crippen LogP) is 2.86. The Bertz CT molecular complexity index is 558. The van der Waals surface area contributed by atoms with Crippen LogP contribution in [0.1, 0.15) is 32.1 Å². The summed E-state index contributed by atoms with van der Waals surface area (Å²) in [5.74, 6) is 0.873. The van der Waals surface area contributed by atoms with Gasteiger partial charge in [0.15, 0.2) is 0 Å². The molecule has 1 atom stereocenters. The standard InChI is InChI=1S/C14H16FN3O/c1-2-14(8-3-9-16-14)13-17-12(18-19-13)10-4-6-11(15)7-5-10/h4-7,16H,2-3,8-9H2,1H3. The van der Waals surface area contributed by atoms with Crippen LogP contribution < -0.4 is 5.32 Å². The molecule has 19 heavy (non-hydrogen) atoms. The minimum atomic E-state index is -0.269. The summed E-state index contributed by atoms with van der Waals surface area (Å²) in [6, 6.07) is 6.11. The number of halogens is 1. The van der Waals surface area contributed by atoms with Gasteiger partial charge in [0.25, 0.3) is 0 Å². The van der Waals surface area contributed by atoms with Gasteiger partial charge in [-0.05, 0) is 50.1 Å². The van der Waals surface area contributed by atoms with Crippen LogP contribution in [0.2, 0.25) is 0 Å². The minimum Gasteiger partial charge on any atom is -0.337 e. The van der Waals surface area contributed by atoms with E-state index in [2.05, 4.69) is 22.4 Å². The highest BCUT2D eigenvalue weighted by molar-refractivity contribution is 5.53. The molecule has 0 bridgehead atoms. The maximum atomic E-state index is 12.9. The van der Waals surface area contributed by atoms with Crippen molar-refractivity contribution in [2.75, 3.05) is 6.54 Å². The smallest absolute Gasteiger partial charge is 0.247 e. The normalized spacial score (nSPS) is 22.8. The molecule has 4 nitrogen and oxygen atoms in total. The molecule has 2 heterocycles. The average molecular weight is 261 g/mol. The molecule has 1 aliphatic heterocycles. The molecule has 1 aliphatic rings. The molecule has 1 fully saturated rings. The van der Waals surface area contributed by atoms with Crippen molar-refractivity contribution < 1.29 is 8.91 Å². The van der Waals surface area contributed by atoms with E-state index >= 15 is 0 Å². The topological polar surface area (TPSA) is 51.0 Å². The first-order chi connectivity index (χ1) is 9.23. The lowest BCUT2D eigenvalue weighted by Gasteiger charge is -2.22. The van der Waals surface area contributed by atoms with E-state index in [0.717, 1.165) is 31.4 Å². The highest BCUT2D eigenvalue weighted by Gasteiger charge is 2.38. The third kappa shape index (κ3) is 2.14. The lowest BCUT2D eigenvalue weighted by Crippen LogP contribution is -2.36. The van der Waals surface area contributed by atoms with E-state index in [9.17, 15) is 4.39 Å². The Morgan fingerprint density at radius 1 is 1.37 bits per heavy atom. The number of aromatic nitrogens is 2. The van der Waals surface area contributed by atoms with Gasteiger partial charge in [-0.2, -0.15) is 4.98 Å². The summed E-state index contributed by atoms with van der Waals surface area (Å²) in [5, 5.41) is 7.46. The van der Waals surface area contributed by atoms with Crippen molar-refractivity contribution in [3.63, 3.8) is 0 Å². The number of nitrogens with one attached hydrogen (secondary N) is 1. The molecule has 1 unspecified atom stereocenters. The first-order valence-electron chi connectivity index (χ1n) is 6.59. The molecule has 0 spiro atoms. The number of rotatable bonds is 3. The van der Waals surface area contributed by atoms with Gasteiger partial charge in [0.2, 0.25) is 11.7 Å². The Kier molecular flexibility index (Phi) is 3.06. The van der Waals surface area contributed by atoms with Crippen molar-refractivity contribution in [1.82, 2.24) is 15.5 Å². The van der Waals surface area contributed by atoms with Gasteiger partial charge in [-0.25, -0.2) is 4.39 Å². The van der Waals surface area contributed by atoms with Crippen LogP contribution in [-0.2, 0) is 5.54 Å². The summed E-state index contributed by atoms with van der Waals surface area (Å²) in [7, 11) is 0. The van der Waals surface area contributed by atoms with Crippen LogP contribution in [0, 0.1) is 5.82 Å². The second-order valence-corrected chi connectivity index (χ2v) is 4.90. The van der Waals surface area contributed by atoms with E-state index in [1.54, 1.807) is 12.1 Å². The molecule has 1 aromatic carbocycles. The van der Waals surface area contributed by atoms with E-state index in [0.29, 0.717) is 11.7 Å². The molecule has 100 valence electrons. The Balaban J connectivity index is 1.92. The Labute approximate surface area is 111 Å². The van der Waals surface area contributed by atoms with E-state index in [1.807, 2.05) is 0 Å². The maximum Gasteiger partial charge on any atom is 0.247 e. The zero-order valence-electron chi connectivity index (χ0n) is 10.8. The van der Waals surface area contributed by atoms with Crippen LogP contribution in [0.5, 0.6) is 0 Å². The van der Waals surface area contributed by atoms with Crippen LogP contribution in [0.3, 0.4) is 0 Å². The first kappa shape index (κ1) is 12.3. The Morgan fingerprint density at radius 2 is 2.16 bits per heavy atom. The van der Waals surface area contributed by atoms with Crippen LogP contribution in [-0.4, -0.2) is 16.7 Å². The second-order valence-electron chi connectivity index (χ2n) is 4.90. The van der Waals surface area contributed by atoms with Crippen molar-refractivity contribution >= 4 is 0 Å². The molecule has 5 heteroatoms. The van der Waals surface area contributed by atoms with Crippen LogP contribution in [0.25, 0.3) is 11.4 Å². The van der Waals surface area contributed by atoms with Crippen molar-refractivity contribution in [1.29, 1.82) is 0 Å². The molecule has 3 rings (SSSR count). The van der Waals surface area contributed by atoms with Gasteiger partial charge in [-0.15, -0.1) is 0 Å². The monoisotopic (exact) mass is 261 g/mol. The van der Waals surface area contributed by atoms with Crippen molar-refractivity contribution in [3.8, 4) is 11.4 Å². The van der Waals surface area contributed by atoms with Gasteiger partial charge in [0.05, 0.1) is 5.54 Å². The third-order valence-corrected chi connectivity index (χ3v) is 3.79. The molecule has 1 aromatic heterocycles. The maximum absolute atomic E-state index is 12.9. The first-order valence-corrected chi connectivity index (χ1v) is 6.59. The van der Waals surface area contributed by atoms with E-state index in [1.165, 1.54) is 12.1 Å². The second kappa shape index (κ2) is 4.74. The molecule has 1 saturated heterocycles. The van der Waals surface area contributed by atoms with Crippen LogP contribution >= 0.6 is 0 Å². The minimum absolute atomic E-state index is 0.189. The van der Waals surface area contributed by atoms with Gasteiger partial charge >= 0.3 is 0 Å². The zero-order chi connectivity index (χ0) is 13.3. The van der Waals surface area contributed by atoms with Crippen molar-refractivity contribution in [2.45, 2.75) is 31.7 Å². The molecule has 0 saturated carbocycles. The highest BCUT2D eigenvalue weighted by Crippen LogP contribution is 2.33. The fourth-order valence-corrected chi connectivity index (χ4v) is 2.58. The highest BCUT2D eigenvalue weighted by atomic mass is 19.1. The lowest BCUT2D eigenvalue weighted by molar-refractivity contribution is 0.250. The SMILES string of the molecule is CCC1(c2nc(-c3ccc(F)cc3)no2)CCCN1. The van der Waals surface area contributed by atoms with Crippen molar-refractivity contribution in [2.24, 2.45) is 0 Å². The number of nitrogens with zero attached hydrogens (tertiary/aromatic N) is 2. The van der Waals surface area contributed by atoms with E-state index in [4.69, 9.17) is 4.52 Å². The quantitative estimate of drug-likeness (QED) is 0.923. The molecule has 1 N–H and O–H groups in total. The zero-order valence-corrected chi connectivity index (χ0v) is 10.8. The summed E-state index contributed by atoms with van der Waals surface area (Å²) >= 11 is 0. The lowest BCUT2D eigenvalue weighted by atomic mass is 9.94. The predicted molar refractivity (Wildman–Crippen MR) is 68.9 cm³/mol. The summed E-state index contributed by atoms with van der Waals surface area (Å²) in [6.45, 7) is 3.09. The molecule has 0 aliphatic carbocycles. The molecule has 0 amide bonds.